The highest BCUT2D eigenvalue weighted by molar-refractivity contribution is 6.30. The number of rotatable bonds is 4. The van der Waals surface area contributed by atoms with Crippen LogP contribution in [0, 0.1) is 5.41 Å². The number of para-hydroxylation sites is 1. The Morgan fingerprint density at radius 1 is 0.857 bits per heavy atom. The molecule has 0 unspecified atom stereocenters. The number of ether oxygens (including phenoxy) is 1. The van der Waals surface area contributed by atoms with Crippen LogP contribution in [0.5, 0.6) is 0 Å². The van der Waals surface area contributed by atoms with E-state index < -0.39 is 0 Å². The summed E-state index contributed by atoms with van der Waals surface area (Å²) >= 11 is 6.06. The molecule has 0 N–H and O–H groups in total. The maximum Gasteiger partial charge on any atom is 0.339 e. The van der Waals surface area contributed by atoms with E-state index in [1.807, 2.05) is 24.3 Å². The largest absolute Gasteiger partial charge is 0.465 e. The van der Waals surface area contributed by atoms with Crippen LogP contribution in [0.25, 0.3) is 0 Å². The van der Waals surface area contributed by atoms with E-state index in [-0.39, 0.29) is 11.4 Å². The smallest absolute Gasteiger partial charge is 0.339 e. The van der Waals surface area contributed by atoms with Crippen LogP contribution in [-0.2, 0) is 11.2 Å². The number of esters is 1. The van der Waals surface area contributed by atoms with Gasteiger partial charge in [-0.25, -0.2) is 4.79 Å². The van der Waals surface area contributed by atoms with Crippen molar-refractivity contribution >= 4 is 40.3 Å². The summed E-state index contributed by atoms with van der Waals surface area (Å²) in [5, 5.41) is 0.766. The SMILES string of the molecule is COC(=O)c1cccc2c1N(c1cccc(N3CCN(c4ccc(Cl)cc4)CC3)c1)CC(C)(C)C2. The molecule has 2 aliphatic heterocycles. The summed E-state index contributed by atoms with van der Waals surface area (Å²) < 4.78 is 5.12. The maximum atomic E-state index is 12.6. The summed E-state index contributed by atoms with van der Waals surface area (Å²) in [6.45, 7) is 9.21. The van der Waals surface area contributed by atoms with Gasteiger partial charge in [0, 0.05) is 54.8 Å². The molecule has 2 heterocycles. The summed E-state index contributed by atoms with van der Waals surface area (Å²) in [7, 11) is 1.45. The van der Waals surface area contributed by atoms with Gasteiger partial charge >= 0.3 is 5.97 Å². The number of fused-ring (bicyclic) bond motifs is 1. The first-order chi connectivity index (χ1) is 16.8. The summed E-state index contributed by atoms with van der Waals surface area (Å²) in [5.41, 5.74) is 6.40. The van der Waals surface area contributed by atoms with Crippen molar-refractivity contribution in [2.45, 2.75) is 20.3 Å². The molecule has 0 saturated carbocycles. The Kier molecular flexibility index (Phi) is 6.37. The number of anilines is 4. The topological polar surface area (TPSA) is 36.0 Å². The Bertz CT molecular complexity index is 1220. The van der Waals surface area contributed by atoms with E-state index in [4.69, 9.17) is 16.3 Å². The average molecular weight is 490 g/mol. The molecule has 2 aliphatic rings. The van der Waals surface area contributed by atoms with Crippen LogP contribution in [0.1, 0.15) is 29.8 Å². The zero-order valence-corrected chi connectivity index (χ0v) is 21.4. The Morgan fingerprint density at radius 2 is 1.49 bits per heavy atom. The quantitative estimate of drug-likeness (QED) is 0.409. The zero-order chi connectivity index (χ0) is 24.6. The number of piperazine rings is 1. The normalized spacial score (nSPS) is 17.2. The molecule has 3 aromatic rings. The van der Waals surface area contributed by atoms with Gasteiger partial charge in [0.15, 0.2) is 0 Å². The van der Waals surface area contributed by atoms with Gasteiger partial charge in [-0.15, -0.1) is 0 Å². The summed E-state index contributed by atoms with van der Waals surface area (Å²) in [4.78, 5) is 19.8. The van der Waals surface area contributed by atoms with Crippen LogP contribution in [0.15, 0.2) is 66.7 Å². The standard InChI is InChI=1S/C29H32ClN3O2/c1-29(2)19-21-6-4-9-26(28(34)35-3)27(21)33(20-29)25-8-5-7-24(18-25)32-16-14-31(15-17-32)23-12-10-22(30)11-13-23/h4-13,18H,14-17,19-20H2,1-3H3. The van der Waals surface area contributed by atoms with E-state index in [2.05, 4.69) is 71.0 Å². The van der Waals surface area contributed by atoms with Crippen molar-refractivity contribution < 1.29 is 9.53 Å². The number of halogens is 1. The van der Waals surface area contributed by atoms with Gasteiger partial charge in [0.2, 0.25) is 0 Å². The molecule has 0 aromatic heterocycles. The number of carbonyl (C=O) groups excluding carboxylic acids is 1. The molecule has 0 atom stereocenters. The molecule has 0 radical (unpaired) electrons. The van der Waals surface area contributed by atoms with Crippen molar-refractivity contribution in [3.8, 4) is 0 Å². The first-order valence-corrected chi connectivity index (χ1v) is 12.6. The van der Waals surface area contributed by atoms with Gasteiger partial charge in [-0.1, -0.05) is 43.6 Å². The molecule has 0 bridgehead atoms. The molecular weight excluding hydrogens is 458 g/mol. The van der Waals surface area contributed by atoms with Gasteiger partial charge in [-0.3, -0.25) is 0 Å². The third-order valence-corrected chi connectivity index (χ3v) is 7.28. The number of hydrogen-bond donors (Lipinski definition) is 0. The molecule has 182 valence electrons. The lowest BCUT2D eigenvalue weighted by Gasteiger charge is -2.42. The van der Waals surface area contributed by atoms with Crippen molar-refractivity contribution in [1.29, 1.82) is 0 Å². The lowest BCUT2D eigenvalue weighted by molar-refractivity contribution is 0.0601. The van der Waals surface area contributed by atoms with Gasteiger partial charge in [-0.05, 0) is 65.9 Å². The van der Waals surface area contributed by atoms with Crippen molar-refractivity contribution in [2.75, 3.05) is 54.5 Å². The van der Waals surface area contributed by atoms with E-state index in [0.717, 1.165) is 55.5 Å². The monoisotopic (exact) mass is 489 g/mol. The van der Waals surface area contributed by atoms with Crippen molar-refractivity contribution in [2.24, 2.45) is 5.41 Å². The fourth-order valence-corrected chi connectivity index (χ4v) is 5.48. The minimum absolute atomic E-state index is 0.0853. The number of carbonyl (C=O) groups is 1. The first kappa shape index (κ1) is 23.6. The zero-order valence-electron chi connectivity index (χ0n) is 20.6. The van der Waals surface area contributed by atoms with Crippen molar-refractivity contribution in [1.82, 2.24) is 0 Å². The van der Waals surface area contributed by atoms with Crippen LogP contribution in [0.3, 0.4) is 0 Å². The molecule has 6 heteroatoms. The van der Waals surface area contributed by atoms with E-state index in [9.17, 15) is 4.79 Å². The van der Waals surface area contributed by atoms with Gasteiger partial charge in [0.05, 0.1) is 18.4 Å². The van der Waals surface area contributed by atoms with Crippen LogP contribution < -0.4 is 14.7 Å². The number of benzene rings is 3. The second-order valence-corrected chi connectivity index (χ2v) is 10.6. The molecule has 0 amide bonds. The highest BCUT2D eigenvalue weighted by atomic mass is 35.5. The lowest BCUT2D eigenvalue weighted by Crippen LogP contribution is -2.46. The molecule has 0 spiro atoms. The van der Waals surface area contributed by atoms with Gasteiger partial charge in [0.1, 0.15) is 0 Å². The number of hydrogen-bond acceptors (Lipinski definition) is 5. The Labute approximate surface area is 212 Å². The molecule has 1 saturated heterocycles. The van der Waals surface area contributed by atoms with Crippen LogP contribution in [0.4, 0.5) is 22.7 Å². The molecule has 5 nitrogen and oxygen atoms in total. The highest BCUT2D eigenvalue weighted by Crippen LogP contribution is 2.43. The second-order valence-electron chi connectivity index (χ2n) is 10.2. The van der Waals surface area contributed by atoms with E-state index in [1.54, 1.807) is 0 Å². The summed E-state index contributed by atoms with van der Waals surface area (Å²) in [5.74, 6) is -0.291. The molecule has 35 heavy (non-hydrogen) atoms. The fraction of sp³-hybridized carbons (Fsp3) is 0.345. The van der Waals surface area contributed by atoms with Gasteiger partial charge in [0.25, 0.3) is 0 Å². The van der Waals surface area contributed by atoms with Crippen molar-refractivity contribution in [3.05, 3.63) is 82.9 Å². The Balaban J connectivity index is 1.42. The van der Waals surface area contributed by atoms with Crippen LogP contribution >= 0.6 is 11.6 Å². The average Bonchev–Trinajstić information content (AvgIpc) is 2.87. The van der Waals surface area contributed by atoms with E-state index in [0.29, 0.717) is 5.56 Å². The Morgan fingerprint density at radius 3 is 2.17 bits per heavy atom. The minimum atomic E-state index is -0.291. The van der Waals surface area contributed by atoms with Crippen LogP contribution in [-0.4, -0.2) is 45.8 Å². The summed E-state index contributed by atoms with van der Waals surface area (Å²) in [6, 6.07) is 22.8. The van der Waals surface area contributed by atoms with Gasteiger partial charge < -0.3 is 19.4 Å². The third-order valence-electron chi connectivity index (χ3n) is 7.03. The minimum Gasteiger partial charge on any atom is -0.465 e. The molecule has 5 rings (SSSR count). The molecular formula is C29H32ClN3O2. The predicted octanol–water partition coefficient (Wildman–Crippen LogP) is 6.17. The predicted molar refractivity (Wildman–Crippen MR) is 145 cm³/mol. The highest BCUT2D eigenvalue weighted by Gasteiger charge is 2.34. The molecule has 0 aliphatic carbocycles. The third kappa shape index (κ3) is 4.83. The molecule has 3 aromatic carbocycles. The molecule has 1 fully saturated rings. The van der Waals surface area contributed by atoms with E-state index in [1.165, 1.54) is 24.0 Å². The number of methoxy groups -OCH3 is 1. The summed E-state index contributed by atoms with van der Waals surface area (Å²) in [6.07, 6.45) is 0.927. The lowest BCUT2D eigenvalue weighted by atomic mass is 9.80. The Hall–Kier alpha value is -3.18. The first-order valence-electron chi connectivity index (χ1n) is 12.2. The van der Waals surface area contributed by atoms with Gasteiger partial charge in [-0.2, -0.15) is 0 Å². The van der Waals surface area contributed by atoms with Crippen molar-refractivity contribution in [3.63, 3.8) is 0 Å². The maximum absolute atomic E-state index is 12.6. The number of nitrogens with zero attached hydrogens (tertiary/aromatic N) is 3. The van der Waals surface area contributed by atoms with E-state index >= 15 is 0 Å². The second kappa shape index (κ2) is 9.46. The fourth-order valence-electron chi connectivity index (χ4n) is 5.36. The van der Waals surface area contributed by atoms with Crippen LogP contribution in [0.2, 0.25) is 5.02 Å².